The number of fused-ring (bicyclic) bond motifs is 1. The Morgan fingerprint density at radius 3 is 2.85 bits per heavy atom. The van der Waals surface area contributed by atoms with Crippen molar-refractivity contribution in [2.45, 2.75) is 6.92 Å². The highest BCUT2D eigenvalue weighted by molar-refractivity contribution is 7.13. The van der Waals surface area contributed by atoms with Crippen LogP contribution in [0.1, 0.15) is 17.3 Å². The summed E-state index contributed by atoms with van der Waals surface area (Å²) in [5.74, 6) is -0.0519. The summed E-state index contributed by atoms with van der Waals surface area (Å²) in [6.07, 6.45) is 0. The molecule has 3 nitrogen and oxygen atoms in total. The highest BCUT2D eigenvalue weighted by Crippen LogP contribution is 2.27. The Balaban J connectivity index is 2.22. The lowest BCUT2D eigenvalue weighted by molar-refractivity contribution is 0.0957. The lowest BCUT2D eigenvalue weighted by atomic mass is 10.1. The fourth-order valence-electron chi connectivity index (χ4n) is 2.17. The van der Waals surface area contributed by atoms with Crippen LogP contribution < -0.4 is 5.32 Å². The minimum absolute atomic E-state index is 0.0519. The van der Waals surface area contributed by atoms with Gasteiger partial charge >= 0.3 is 0 Å². The van der Waals surface area contributed by atoms with Crippen molar-refractivity contribution < 1.29 is 4.79 Å². The van der Waals surface area contributed by atoms with E-state index in [1.54, 1.807) is 11.3 Å². The molecule has 0 spiro atoms. The van der Waals surface area contributed by atoms with Crippen LogP contribution >= 0.6 is 11.3 Å². The van der Waals surface area contributed by atoms with Crippen molar-refractivity contribution in [1.82, 2.24) is 10.3 Å². The second-order valence-electron chi connectivity index (χ2n) is 4.41. The number of carbonyl (C=O) groups excluding carboxylic acids is 1. The van der Waals surface area contributed by atoms with E-state index in [9.17, 15) is 4.79 Å². The van der Waals surface area contributed by atoms with Crippen LogP contribution in [-0.2, 0) is 0 Å². The first-order chi connectivity index (χ1) is 9.79. The zero-order valence-corrected chi connectivity index (χ0v) is 11.9. The highest BCUT2D eigenvalue weighted by Gasteiger charge is 2.13. The van der Waals surface area contributed by atoms with Crippen molar-refractivity contribution in [2.75, 3.05) is 6.54 Å². The molecule has 0 aliphatic heterocycles. The van der Waals surface area contributed by atoms with Crippen molar-refractivity contribution >= 4 is 28.1 Å². The predicted molar refractivity (Wildman–Crippen MR) is 83.1 cm³/mol. The molecule has 3 aromatic rings. The van der Waals surface area contributed by atoms with E-state index < -0.39 is 0 Å². The maximum atomic E-state index is 12.2. The molecule has 0 fully saturated rings. The van der Waals surface area contributed by atoms with Gasteiger partial charge in [0.15, 0.2) is 0 Å². The van der Waals surface area contributed by atoms with E-state index in [2.05, 4.69) is 10.3 Å². The standard InChI is InChI=1S/C16H14N2OS/c1-2-17-16(19)12-10-14(15-8-5-9-20-15)18-13-7-4-3-6-11(12)13/h3-10H,2H2,1H3,(H,17,19). The SMILES string of the molecule is CCNC(=O)c1cc(-c2cccs2)nc2ccccc12. The third-order valence-corrected chi connectivity index (χ3v) is 3.96. The molecule has 0 radical (unpaired) electrons. The third kappa shape index (κ3) is 2.30. The van der Waals surface area contributed by atoms with Gasteiger partial charge in [-0.1, -0.05) is 24.3 Å². The van der Waals surface area contributed by atoms with E-state index in [0.29, 0.717) is 12.1 Å². The van der Waals surface area contributed by atoms with Gasteiger partial charge in [0, 0.05) is 11.9 Å². The number of aromatic nitrogens is 1. The van der Waals surface area contributed by atoms with Gasteiger partial charge < -0.3 is 5.32 Å². The minimum atomic E-state index is -0.0519. The molecule has 0 saturated carbocycles. The number of nitrogens with zero attached hydrogens (tertiary/aromatic N) is 1. The summed E-state index contributed by atoms with van der Waals surface area (Å²) in [5, 5.41) is 5.76. The van der Waals surface area contributed by atoms with Gasteiger partial charge in [-0.2, -0.15) is 0 Å². The molecule has 100 valence electrons. The Labute approximate surface area is 121 Å². The highest BCUT2D eigenvalue weighted by atomic mass is 32.1. The summed E-state index contributed by atoms with van der Waals surface area (Å²) in [6.45, 7) is 2.53. The van der Waals surface area contributed by atoms with Crippen molar-refractivity contribution in [1.29, 1.82) is 0 Å². The molecule has 0 aliphatic rings. The van der Waals surface area contributed by atoms with E-state index in [1.165, 1.54) is 0 Å². The quantitative estimate of drug-likeness (QED) is 0.795. The molecule has 0 saturated heterocycles. The van der Waals surface area contributed by atoms with Gasteiger partial charge in [-0.15, -0.1) is 11.3 Å². The topological polar surface area (TPSA) is 42.0 Å². The number of benzene rings is 1. The number of rotatable bonds is 3. The summed E-state index contributed by atoms with van der Waals surface area (Å²) in [5.41, 5.74) is 2.38. The Bertz CT molecular complexity index is 750. The number of hydrogen-bond donors (Lipinski definition) is 1. The first-order valence-electron chi connectivity index (χ1n) is 6.51. The molecule has 2 heterocycles. The molecule has 1 N–H and O–H groups in total. The number of pyridine rings is 1. The molecule has 2 aromatic heterocycles. The molecule has 1 amide bonds. The summed E-state index contributed by atoms with van der Waals surface area (Å²) in [4.78, 5) is 18.0. The van der Waals surface area contributed by atoms with Crippen molar-refractivity contribution in [3.8, 4) is 10.6 Å². The summed E-state index contributed by atoms with van der Waals surface area (Å²) < 4.78 is 0. The van der Waals surface area contributed by atoms with Gasteiger partial charge in [-0.05, 0) is 30.5 Å². The molecule has 1 aromatic carbocycles. The second-order valence-corrected chi connectivity index (χ2v) is 5.36. The molecule has 20 heavy (non-hydrogen) atoms. The van der Waals surface area contributed by atoms with Crippen LogP contribution in [0, 0.1) is 0 Å². The third-order valence-electron chi connectivity index (χ3n) is 3.07. The van der Waals surface area contributed by atoms with Crippen LogP contribution in [0.15, 0.2) is 47.8 Å². The van der Waals surface area contributed by atoms with E-state index >= 15 is 0 Å². The van der Waals surface area contributed by atoms with E-state index in [0.717, 1.165) is 21.5 Å². The largest absolute Gasteiger partial charge is 0.352 e. The van der Waals surface area contributed by atoms with Gasteiger partial charge in [0.2, 0.25) is 0 Å². The molecule has 3 rings (SSSR count). The number of hydrogen-bond acceptors (Lipinski definition) is 3. The Morgan fingerprint density at radius 1 is 1.25 bits per heavy atom. The van der Waals surface area contributed by atoms with E-state index in [1.807, 2.05) is 54.8 Å². The van der Waals surface area contributed by atoms with E-state index in [4.69, 9.17) is 0 Å². The Hall–Kier alpha value is -2.20. The maximum Gasteiger partial charge on any atom is 0.252 e. The zero-order valence-electron chi connectivity index (χ0n) is 11.1. The Morgan fingerprint density at radius 2 is 2.10 bits per heavy atom. The monoisotopic (exact) mass is 282 g/mol. The smallest absolute Gasteiger partial charge is 0.252 e. The van der Waals surface area contributed by atoms with Crippen LogP contribution in [0.3, 0.4) is 0 Å². The first kappa shape index (κ1) is 12.8. The van der Waals surface area contributed by atoms with Gasteiger partial charge in [-0.3, -0.25) is 4.79 Å². The maximum absolute atomic E-state index is 12.2. The lowest BCUT2D eigenvalue weighted by Crippen LogP contribution is -2.23. The predicted octanol–water partition coefficient (Wildman–Crippen LogP) is 3.71. The molecule has 0 unspecified atom stereocenters. The number of amides is 1. The van der Waals surface area contributed by atoms with Crippen molar-refractivity contribution in [3.63, 3.8) is 0 Å². The summed E-state index contributed by atoms with van der Waals surface area (Å²) in [7, 11) is 0. The average molecular weight is 282 g/mol. The van der Waals surface area contributed by atoms with Gasteiger partial charge in [0.25, 0.3) is 5.91 Å². The molecule has 0 bridgehead atoms. The molecular weight excluding hydrogens is 268 g/mol. The fourth-order valence-corrected chi connectivity index (χ4v) is 2.86. The van der Waals surface area contributed by atoms with Gasteiger partial charge in [-0.25, -0.2) is 4.98 Å². The summed E-state index contributed by atoms with van der Waals surface area (Å²) >= 11 is 1.62. The lowest BCUT2D eigenvalue weighted by Gasteiger charge is -2.08. The molecule has 0 aliphatic carbocycles. The van der Waals surface area contributed by atoms with Crippen LogP contribution in [-0.4, -0.2) is 17.4 Å². The van der Waals surface area contributed by atoms with Crippen LogP contribution in [0.2, 0.25) is 0 Å². The number of nitrogens with one attached hydrogen (secondary N) is 1. The molecule has 4 heteroatoms. The number of thiophene rings is 1. The summed E-state index contributed by atoms with van der Waals surface area (Å²) in [6, 6.07) is 13.6. The van der Waals surface area contributed by atoms with E-state index in [-0.39, 0.29) is 5.91 Å². The van der Waals surface area contributed by atoms with Crippen molar-refractivity contribution in [2.24, 2.45) is 0 Å². The van der Waals surface area contributed by atoms with Crippen LogP contribution in [0.5, 0.6) is 0 Å². The zero-order chi connectivity index (χ0) is 13.9. The first-order valence-corrected chi connectivity index (χ1v) is 7.39. The molecule has 0 atom stereocenters. The minimum Gasteiger partial charge on any atom is -0.352 e. The fraction of sp³-hybridized carbons (Fsp3) is 0.125. The van der Waals surface area contributed by atoms with Gasteiger partial charge in [0.05, 0.1) is 21.7 Å². The number of carbonyl (C=O) groups is 1. The second kappa shape index (κ2) is 5.43. The normalized spacial score (nSPS) is 10.7. The van der Waals surface area contributed by atoms with Crippen molar-refractivity contribution in [3.05, 3.63) is 53.4 Å². The number of para-hydroxylation sites is 1. The Kier molecular flexibility index (Phi) is 3.48. The average Bonchev–Trinajstić information content (AvgIpc) is 3.00. The molecular formula is C16H14N2OS. The van der Waals surface area contributed by atoms with Crippen LogP contribution in [0.4, 0.5) is 0 Å². The van der Waals surface area contributed by atoms with Crippen LogP contribution in [0.25, 0.3) is 21.5 Å². The van der Waals surface area contributed by atoms with Gasteiger partial charge in [0.1, 0.15) is 0 Å².